The molecule has 0 atom stereocenters. The molecule has 16 heavy (non-hydrogen) atoms. The highest BCUT2D eigenvalue weighted by Crippen LogP contribution is 2.20. The standard InChI is InChI=1S/C12H23N3O/c1-2-14-12(16)11-8-15(9-11)7-10-3-5-13-6-4-10/h10-11,13H,2-9H2,1H3,(H,14,16). The third kappa shape index (κ3) is 2.95. The molecule has 0 aromatic rings. The summed E-state index contributed by atoms with van der Waals surface area (Å²) in [7, 11) is 0. The van der Waals surface area contributed by atoms with E-state index in [4.69, 9.17) is 0 Å². The van der Waals surface area contributed by atoms with Crippen LogP contribution in [0.5, 0.6) is 0 Å². The number of likely N-dealkylation sites (tertiary alicyclic amines) is 1. The maximum absolute atomic E-state index is 11.5. The van der Waals surface area contributed by atoms with Crippen molar-refractivity contribution in [3.05, 3.63) is 0 Å². The second-order valence-electron chi connectivity index (χ2n) is 5.00. The third-order valence-electron chi connectivity index (χ3n) is 3.65. The topological polar surface area (TPSA) is 44.4 Å². The molecule has 1 amide bonds. The molecule has 0 bridgehead atoms. The lowest BCUT2D eigenvalue weighted by molar-refractivity contribution is -0.130. The number of carbonyl (C=O) groups excluding carboxylic acids is 1. The van der Waals surface area contributed by atoms with Crippen LogP contribution in [-0.4, -0.2) is 50.1 Å². The Morgan fingerprint density at radius 1 is 1.38 bits per heavy atom. The van der Waals surface area contributed by atoms with Crippen molar-refractivity contribution in [3.63, 3.8) is 0 Å². The Morgan fingerprint density at radius 2 is 2.06 bits per heavy atom. The summed E-state index contributed by atoms with van der Waals surface area (Å²) in [5, 5.41) is 6.28. The van der Waals surface area contributed by atoms with Crippen molar-refractivity contribution >= 4 is 5.91 Å². The quantitative estimate of drug-likeness (QED) is 0.711. The van der Waals surface area contributed by atoms with Crippen LogP contribution in [0.2, 0.25) is 0 Å². The Kier molecular flexibility index (Phi) is 4.18. The molecule has 0 aliphatic carbocycles. The summed E-state index contributed by atoms with van der Waals surface area (Å²) in [4.78, 5) is 13.9. The number of amides is 1. The molecule has 2 rings (SSSR count). The minimum Gasteiger partial charge on any atom is -0.356 e. The van der Waals surface area contributed by atoms with E-state index in [1.165, 1.54) is 19.4 Å². The van der Waals surface area contributed by atoms with E-state index in [2.05, 4.69) is 15.5 Å². The Balaban J connectivity index is 1.62. The van der Waals surface area contributed by atoms with Crippen LogP contribution >= 0.6 is 0 Å². The highest BCUT2D eigenvalue weighted by atomic mass is 16.2. The van der Waals surface area contributed by atoms with Crippen LogP contribution in [0.4, 0.5) is 0 Å². The summed E-state index contributed by atoms with van der Waals surface area (Å²) >= 11 is 0. The molecule has 2 fully saturated rings. The molecule has 92 valence electrons. The van der Waals surface area contributed by atoms with Gasteiger partial charge in [0.1, 0.15) is 0 Å². The molecule has 0 aromatic carbocycles. The van der Waals surface area contributed by atoms with Gasteiger partial charge in [-0.15, -0.1) is 0 Å². The monoisotopic (exact) mass is 225 g/mol. The number of rotatable bonds is 4. The highest BCUT2D eigenvalue weighted by molar-refractivity contribution is 5.79. The largest absolute Gasteiger partial charge is 0.356 e. The summed E-state index contributed by atoms with van der Waals surface area (Å²) in [5.74, 6) is 1.34. The van der Waals surface area contributed by atoms with Gasteiger partial charge >= 0.3 is 0 Å². The minimum absolute atomic E-state index is 0.240. The van der Waals surface area contributed by atoms with Gasteiger partial charge in [-0.2, -0.15) is 0 Å². The SMILES string of the molecule is CCNC(=O)C1CN(CC2CCNCC2)C1. The molecule has 2 heterocycles. The molecule has 4 heteroatoms. The molecule has 2 aliphatic rings. The van der Waals surface area contributed by atoms with E-state index in [0.29, 0.717) is 0 Å². The van der Waals surface area contributed by atoms with E-state index in [1.807, 2.05) is 6.92 Å². The number of nitrogens with one attached hydrogen (secondary N) is 2. The summed E-state index contributed by atoms with van der Waals surface area (Å²) in [6.07, 6.45) is 2.59. The average Bonchev–Trinajstić information content (AvgIpc) is 2.24. The van der Waals surface area contributed by atoms with E-state index in [0.717, 1.165) is 38.6 Å². The van der Waals surface area contributed by atoms with Crippen molar-refractivity contribution in [1.29, 1.82) is 0 Å². The molecule has 2 saturated heterocycles. The second kappa shape index (κ2) is 5.64. The van der Waals surface area contributed by atoms with E-state index < -0.39 is 0 Å². The van der Waals surface area contributed by atoms with E-state index >= 15 is 0 Å². The molecule has 0 radical (unpaired) electrons. The first-order valence-corrected chi connectivity index (χ1v) is 6.50. The van der Waals surface area contributed by atoms with Crippen molar-refractivity contribution in [2.24, 2.45) is 11.8 Å². The Morgan fingerprint density at radius 3 is 2.69 bits per heavy atom. The zero-order valence-electron chi connectivity index (χ0n) is 10.2. The van der Waals surface area contributed by atoms with Crippen LogP contribution in [0.25, 0.3) is 0 Å². The van der Waals surface area contributed by atoms with Crippen molar-refractivity contribution in [3.8, 4) is 0 Å². The molecule has 0 spiro atoms. The maximum atomic E-state index is 11.5. The molecule has 0 unspecified atom stereocenters. The van der Waals surface area contributed by atoms with Crippen LogP contribution < -0.4 is 10.6 Å². The highest BCUT2D eigenvalue weighted by Gasteiger charge is 2.33. The van der Waals surface area contributed by atoms with E-state index in [9.17, 15) is 4.79 Å². The summed E-state index contributed by atoms with van der Waals surface area (Å²) < 4.78 is 0. The van der Waals surface area contributed by atoms with Crippen molar-refractivity contribution in [1.82, 2.24) is 15.5 Å². The molecule has 4 nitrogen and oxygen atoms in total. The van der Waals surface area contributed by atoms with Crippen LogP contribution in [0.15, 0.2) is 0 Å². The summed E-state index contributed by atoms with van der Waals surface area (Å²) in [5.41, 5.74) is 0. The molecule has 0 aromatic heterocycles. The van der Waals surface area contributed by atoms with Gasteiger partial charge in [-0.3, -0.25) is 4.79 Å². The Bertz CT molecular complexity index is 232. The lowest BCUT2D eigenvalue weighted by Gasteiger charge is -2.40. The Hall–Kier alpha value is -0.610. The lowest BCUT2D eigenvalue weighted by atomic mass is 9.93. The first-order chi connectivity index (χ1) is 7.79. The number of hydrogen-bond donors (Lipinski definition) is 2. The van der Waals surface area contributed by atoms with Gasteiger partial charge in [0, 0.05) is 26.2 Å². The van der Waals surface area contributed by atoms with Crippen LogP contribution in [0, 0.1) is 11.8 Å². The summed E-state index contributed by atoms with van der Waals surface area (Å²) in [6, 6.07) is 0. The minimum atomic E-state index is 0.240. The predicted molar refractivity (Wildman–Crippen MR) is 64.2 cm³/mol. The van der Waals surface area contributed by atoms with Crippen molar-refractivity contribution in [2.75, 3.05) is 39.3 Å². The van der Waals surface area contributed by atoms with Crippen molar-refractivity contribution in [2.45, 2.75) is 19.8 Å². The van der Waals surface area contributed by atoms with Gasteiger partial charge in [0.05, 0.1) is 5.92 Å². The Labute approximate surface area is 97.8 Å². The van der Waals surface area contributed by atoms with Crippen LogP contribution in [-0.2, 0) is 4.79 Å². The number of nitrogens with zero attached hydrogens (tertiary/aromatic N) is 1. The smallest absolute Gasteiger partial charge is 0.225 e. The first kappa shape index (κ1) is 11.9. The van der Waals surface area contributed by atoms with Crippen LogP contribution in [0.1, 0.15) is 19.8 Å². The second-order valence-corrected chi connectivity index (χ2v) is 5.00. The van der Waals surface area contributed by atoms with Gasteiger partial charge in [0.25, 0.3) is 0 Å². The molecular formula is C12H23N3O. The predicted octanol–water partition coefficient (Wildman–Crippen LogP) is 0.0539. The first-order valence-electron chi connectivity index (χ1n) is 6.50. The van der Waals surface area contributed by atoms with E-state index in [-0.39, 0.29) is 11.8 Å². The zero-order valence-corrected chi connectivity index (χ0v) is 10.2. The number of piperidine rings is 1. The van der Waals surface area contributed by atoms with Gasteiger partial charge in [0.2, 0.25) is 5.91 Å². The average molecular weight is 225 g/mol. The fraction of sp³-hybridized carbons (Fsp3) is 0.917. The van der Waals surface area contributed by atoms with Gasteiger partial charge in [-0.05, 0) is 38.8 Å². The molecule has 0 saturated carbocycles. The van der Waals surface area contributed by atoms with Crippen molar-refractivity contribution < 1.29 is 4.79 Å². The molecular weight excluding hydrogens is 202 g/mol. The third-order valence-corrected chi connectivity index (χ3v) is 3.65. The van der Waals surface area contributed by atoms with E-state index in [1.54, 1.807) is 0 Å². The zero-order chi connectivity index (χ0) is 11.4. The number of carbonyl (C=O) groups is 1. The summed E-state index contributed by atoms with van der Waals surface area (Å²) in [6.45, 7) is 8.19. The molecule has 2 aliphatic heterocycles. The van der Waals surface area contributed by atoms with Crippen LogP contribution in [0.3, 0.4) is 0 Å². The number of hydrogen-bond acceptors (Lipinski definition) is 3. The van der Waals surface area contributed by atoms with Gasteiger partial charge in [-0.1, -0.05) is 0 Å². The maximum Gasteiger partial charge on any atom is 0.225 e. The van der Waals surface area contributed by atoms with Gasteiger partial charge in [-0.25, -0.2) is 0 Å². The normalized spacial score (nSPS) is 24.1. The molecule has 2 N–H and O–H groups in total. The van der Waals surface area contributed by atoms with Gasteiger partial charge in [0.15, 0.2) is 0 Å². The fourth-order valence-electron chi connectivity index (χ4n) is 2.63. The van der Waals surface area contributed by atoms with Gasteiger partial charge < -0.3 is 15.5 Å². The fourth-order valence-corrected chi connectivity index (χ4v) is 2.63. The lowest BCUT2D eigenvalue weighted by Crippen LogP contribution is -2.55.